The van der Waals surface area contributed by atoms with Crippen LogP contribution >= 0.6 is 15.9 Å². The zero-order chi connectivity index (χ0) is 13.4. The molecule has 1 aliphatic heterocycles. The molecule has 1 aliphatic rings. The fourth-order valence-electron chi connectivity index (χ4n) is 2.75. The smallest absolute Gasteiger partial charge is 0.0929 e. The Morgan fingerprint density at radius 1 is 1.37 bits per heavy atom. The van der Waals surface area contributed by atoms with Gasteiger partial charge in [-0.3, -0.25) is 4.68 Å². The lowest BCUT2D eigenvalue weighted by Gasteiger charge is -2.09. The Labute approximate surface area is 122 Å². The highest BCUT2D eigenvalue weighted by molar-refractivity contribution is 9.10. The summed E-state index contributed by atoms with van der Waals surface area (Å²) in [6.45, 7) is 3.24. The van der Waals surface area contributed by atoms with Gasteiger partial charge in [0.15, 0.2) is 0 Å². The monoisotopic (exact) mass is 319 g/mol. The average Bonchev–Trinajstić information content (AvgIpc) is 3.01. The minimum atomic E-state index is 0.457. The molecular formula is C15H18BrN3. The van der Waals surface area contributed by atoms with Gasteiger partial charge in [0, 0.05) is 23.1 Å². The summed E-state index contributed by atoms with van der Waals surface area (Å²) in [4.78, 5) is 0. The molecule has 0 radical (unpaired) electrons. The van der Waals surface area contributed by atoms with Gasteiger partial charge in [-0.25, -0.2) is 0 Å². The van der Waals surface area contributed by atoms with E-state index < -0.39 is 0 Å². The molecule has 0 aliphatic carbocycles. The molecular weight excluding hydrogens is 302 g/mol. The number of nitrogens with one attached hydrogen (secondary N) is 1. The number of hydrogen-bond donors (Lipinski definition) is 1. The highest BCUT2D eigenvalue weighted by Gasteiger charge is 2.21. The summed E-state index contributed by atoms with van der Waals surface area (Å²) >= 11 is 3.54. The van der Waals surface area contributed by atoms with E-state index in [1.54, 1.807) is 0 Å². The van der Waals surface area contributed by atoms with Gasteiger partial charge in [-0.15, -0.1) is 0 Å². The van der Waals surface area contributed by atoms with E-state index in [1.807, 2.05) is 11.7 Å². The van der Waals surface area contributed by atoms with Crippen LogP contribution in [0.2, 0.25) is 0 Å². The van der Waals surface area contributed by atoms with Crippen molar-refractivity contribution in [3.63, 3.8) is 0 Å². The minimum absolute atomic E-state index is 0.457. The largest absolute Gasteiger partial charge is 0.309 e. The first-order chi connectivity index (χ1) is 9.15. The second-order valence-corrected chi connectivity index (χ2v) is 6.10. The molecule has 1 saturated heterocycles. The van der Waals surface area contributed by atoms with Crippen molar-refractivity contribution in [1.82, 2.24) is 15.1 Å². The Kier molecular flexibility index (Phi) is 3.46. The molecule has 0 spiro atoms. The van der Waals surface area contributed by atoms with Crippen LogP contribution in [0.3, 0.4) is 0 Å². The molecule has 3 nitrogen and oxygen atoms in total. The first-order valence-corrected chi connectivity index (χ1v) is 7.48. The average molecular weight is 320 g/mol. The summed E-state index contributed by atoms with van der Waals surface area (Å²) in [5.41, 5.74) is 4.80. The molecule has 1 aromatic heterocycles. The van der Waals surface area contributed by atoms with Crippen molar-refractivity contribution < 1.29 is 0 Å². The predicted octanol–water partition coefficient (Wildman–Crippen LogP) is 3.58. The highest BCUT2D eigenvalue weighted by atomic mass is 79.9. The van der Waals surface area contributed by atoms with Crippen molar-refractivity contribution >= 4 is 15.9 Å². The fourth-order valence-corrected chi connectivity index (χ4v) is 3.11. The first kappa shape index (κ1) is 12.9. The SMILES string of the molecule is Cc1ccc(Br)cc1-c1cc(C2CCCN2)n(C)n1. The third-order valence-electron chi connectivity index (χ3n) is 3.81. The van der Waals surface area contributed by atoms with Crippen LogP contribution in [0.4, 0.5) is 0 Å². The quantitative estimate of drug-likeness (QED) is 0.916. The maximum atomic E-state index is 4.68. The summed E-state index contributed by atoms with van der Waals surface area (Å²) in [5, 5.41) is 8.22. The van der Waals surface area contributed by atoms with Crippen LogP contribution in [-0.2, 0) is 7.05 Å². The molecule has 0 amide bonds. The molecule has 1 N–H and O–H groups in total. The molecule has 1 unspecified atom stereocenters. The maximum absolute atomic E-state index is 4.68. The van der Waals surface area contributed by atoms with Gasteiger partial charge in [-0.2, -0.15) is 5.10 Å². The van der Waals surface area contributed by atoms with Crippen LogP contribution in [0.25, 0.3) is 11.3 Å². The maximum Gasteiger partial charge on any atom is 0.0929 e. The summed E-state index contributed by atoms with van der Waals surface area (Å²) in [7, 11) is 2.03. The van der Waals surface area contributed by atoms with E-state index in [1.165, 1.54) is 29.7 Å². The Hall–Kier alpha value is -1.13. The van der Waals surface area contributed by atoms with Gasteiger partial charge in [0.25, 0.3) is 0 Å². The van der Waals surface area contributed by atoms with Gasteiger partial charge in [-0.1, -0.05) is 22.0 Å². The van der Waals surface area contributed by atoms with Crippen molar-refractivity contribution in [1.29, 1.82) is 0 Å². The highest BCUT2D eigenvalue weighted by Crippen LogP contribution is 2.30. The van der Waals surface area contributed by atoms with Gasteiger partial charge >= 0.3 is 0 Å². The molecule has 3 rings (SSSR count). The number of nitrogens with zero attached hydrogens (tertiary/aromatic N) is 2. The molecule has 2 aromatic rings. The lowest BCUT2D eigenvalue weighted by atomic mass is 10.0. The molecule has 1 atom stereocenters. The molecule has 4 heteroatoms. The lowest BCUT2D eigenvalue weighted by Crippen LogP contribution is -2.16. The Morgan fingerprint density at radius 2 is 2.21 bits per heavy atom. The molecule has 0 bridgehead atoms. The Morgan fingerprint density at radius 3 is 2.95 bits per heavy atom. The van der Waals surface area contributed by atoms with E-state index in [-0.39, 0.29) is 0 Å². The molecule has 1 aromatic carbocycles. The number of hydrogen-bond acceptors (Lipinski definition) is 2. The number of benzene rings is 1. The third-order valence-corrected chi connectivity index (χ3v) is 4.30. The summed E-state index contributed by atoms with van der Waals surface area (Å²) in [5.74, 6) is 0. The molecule has 0 saturated carbocycles. The van der Waals surface area contributed by atoms with Crippen molar-refractivity contribution in [2.75, 3.05) is 6.54 Å². The third kappa shape index (κ3) is 2.47. The van der Waals surface area contributed by atoms with Gasteiger partial charge in [-0.05, 0) is 50.1 Å². The van der Waals surface area contributed by atoms with Crippen LogP contribution in [-0.4, -0.2) is 16.3 Å². The molecule has 2 heterocycles. The van der Waals surface area contributed by atoms with E-state index in [0.717, 1.165) is 16.7 Å². The van der Waals surface area contributed by atoms with E-state index in [0.29, 0.717) is 6.04 Å². The zero-order valence-electron chi connectivity index (χ0n) is 11.3. The Bertz CT molecular complexity index is 597. The van der Waals surface area contributed by atoms with Gasteiger partial charge in [0.05, 0.1) is 11.4 Å². The summed E-state index contributed by atoms with van der Waals surface area (Å²) in [6, 6.07) is 9.02. The van der Waals surface area contributed by atoms with E-state index in [9.17, 15) is 0 Å². The second kappa shape index (κ2) is 5.10. The predicted molar refractivity (Wildman–Crippen MR) is 81.1 cm³/mol. The number of rotatable bonds is 2. The lowest BCUT2D eigenvalue weighted by molar-refractivity contribution is 0.574. The van der Waals surface area contributed by atoms with Crippen LogP contribution in [0.15, 0.2) is 28.7 Å². The van der Waals surface area contributed by atoms with Crippen LogP contribution in [0.1, 0.15) is 30.1 Å². The molecule has 19 heavy (non-hydrogen) atoms. The molecule has 1 fully saturated rings. The standard InChI is InChI=1S/C15H18BrN3/c1-10-5-6-11(16)8-12(10)14-9-15(19(2)18-14)13-4-3-7-17-13/h5-6,8-9,13,17H,3-4,7H2,1-2H3. The van der Waals surface area contributed by atoms with E-state index in [2.05, 4.69) is 57.5 Å². The zero-order valence-corrected chi connectivity index (χ0v) is 12.9. The van der Waals surface area contributed by atoms with E-state index in [4.69, 9.17) is 0 Å². The molecule has 100 valence electrons. The fraction of sp³-hybridized carbons (Fsp3) is 0.400. The summed E-state index contributed by atoms with van der Waals surface area (Å²) in [6.07, 6.45) is 2.46. The van der Waals surface area contributed by atoms with Crippen molar-refractivity contribution in [3.8, 4) is 11.3 Å². The van der Waals surface area contributed by atoms with Crippen molar-refractivity contribution in [2.24, 2.45) is 7.05 Å². The minimum Gasteiger partial charge on any atom is -0.309 e. The van der Waals surface area contributed by atoms with Crippen LogP contribution in [0, 0.1) is 6.92 Å². The number of aryl methyl sites for hydroxylation is 2. The van der Waals surface area contributed by atoms with Crippen molar-refractivity contribution in [3.05, 3.63) is 40.0 Å². The van der Waals surface area contributed by atoms with E-state index >= 15 is 0 Å². The topological polar surface area (TPSA) is 29.9 Å². The van der Waals surface area contributed by atoms with Crippen LogP contribution < -0.4 is 5.32 Å². The van der Waals surface area contributed by atoms with Crippen LogP contribution in [0.5, 0.6) is 0 Å². The first-order valence-electron chi connectivity index (χ1n) is 6.69. The number of halogens is 1. The van der Waals surface area contributed by atoms with Crippen molar-refractivity contribution in [2.45, 2.75) is 25.8 Å². The summed E-state index contributed by atoms with van der Waals surface area (Å²) < 4.78 is 3.11. The van der Waals surface area contributed by atoms with Gasteiger partial charge < -0.3 is 5.32 Å². The number of aromatic nitrogens is 2. The normalized spacial score (nSPS) is 19.0. The van der Waals surface area contributed by atoms with Gasteiger partial charge in [0.1, 0.15) is 0 Å². The Balaban J connectivity index is 2.01. The van der Waals surface area contributed by atoms with Gasteiger partial charge in [0.2, 0.25) is 0 Å². The second-order valence-electron chi connectivity index (χ2n) is 5.19.